The molecule has 1 aliphatic heterocycles. The number of nitrogens with zero attached hydrogens (tertiary/aromatic N) is 2. The molecule has 130 valence electrons. The zero-order valence-electron chi connectivity index (χ0n) is 14.9. The monoisotopic (exact) mass is 335 g/mol. The average Bonchev–Trinajstić information content (AvgIpc) is 2.65. The van der Waals surface area contributed by atoms with Crippen LogP contribution in [0.3, 0.4) is 0 Å². The number of piperazine rings is 1. The third-order valence-electron chi connectivity index (χ3n) is 4.77. The molecule has 2 aromatic rings. The van der Waals surface area contributed by atoms with E-state index >= 15 is 0 Å². The molecule has 0 radical (unpaired) electrons. The van der Waals surface area contributed by atoms with Gasteiger partial charge in [-0.1, -0.05) is 42.5 Å². The van der Waals surface area contributed by atoms with E-state index in [4.69, 9.17) is 0 Å². The smallest absolute Gasteiger partial charge is 0.321 e. The Morgan fingerprint density at radius 1 is 0.960 bits per heavy atom. The number of amides is 2. The zero-order chi connectivity index (χ0) is 17.6. The summed E-state index contributed by atoms with van der Waals surface area (Å²) in [5, 5.41) is 2.86. The predicted molar refractivity (Wildman–Crippen MR) is 104 cm³/mol. The zero-order valence-corrected chi connectivity index (χ0v) is 14.9. The molecule has 3 rings (SSSR count). The Labute approximate surface area is 149 Å². The summed E-state index contributed by atoms with van der Waals surface area (Å²) in [6, 6.07) is 16.3. The predicted octanol–water partition coefficient (Wildman–Crippen LogP) is 3.81. The van der Waals surface area contributed by atoms with Gasteiger partial charge in [-0.2, -0.15) is 0 Å². The second-order valence-corrected chi connectivity index (χ2v) is 6.39. The maximum atomic E-state index is 12.3. The number of carbonyl (C=O) groups excluding carboxylic acids is 1. The molecule has 1 heterocycles. The molecule has 0 unspecified atom stereocenters. The molecule has 2 aromatic carbocycles. The van der Waals surface area contributed by atoms with E-state index in [2.05, 4.69) is 42.3 Å². The van der Waals surface area contributed by atoms with Crippen molar-refractivity contribution in [2.75, 3.05) is 31.1 Å². The number of benzene rings is 2. The van der Waals surface area contributed by atoms with Crippen molar-refractivity contribution in [1.29, 1.82) is 0 Å². The van der Waals surface area contributed by atoms with Crippen LogP contribution in [-0.4, -0.2) is 37.1 Å². The molecule has 2 amide bonds. The van der Waals surface area contributed by atoms with Crippen molar-refractivity contribution in [1.82, 2.24) is 10.2 Å². The van der Waals surface area contributed by atoms with Crippen LogP contribution in [0.15, 0.2) is 54.7 Å². The van der Waals surface area contributed by atoms with E-state index in [-0.39, 0.29) is 6.03 Å². The largest absolute Gasteiger partial charge is 0.368 e. The van der Waals surface area contributed by atoms with E-state index < -0.39 is 0 Å². The number of aryl methyl sites for hydroxylation is 1. The van der Waals surface area contributed by atoms with Gasteiger partial charge in [-0.3, -0.25) is 0 Å². The van der Waals surface area contributed by atoms with Crippen LogP contribution >= 0.6 is 0 Å². The summed E-state index contributed by atoms with van der Waals surface area (Å²) in [4.78, 5) is 16.5. The number of anilines is 1. The molecule has 0 atom stereocenters. The molecule has 1 fully saturated rings. The summed E-state index contributed by atoms with van der Waals surface area (Å²) in [5.41, 5.74) is 4.99. The third-order valence-corrected chi connectivity index (χ3v) is 4.77. The Morgan fingerprint density at radius 3 is 2.40 bits per heavy atom. The molecule has 4 heteroatoms. The average molecular weight is 335 g/mol. The molecule has 0 bridgehead atoms. The molecule has 0 spiro atoms. The molecular formula is C21H25N3O. The van der Waals surface area contributed by atoms with Crippen molar-refractivity contribution in [3.8, 4) is 0 Å². The number of nitrogens with one attached hydrogen (secondary N) is 1. The van der Waals surface area contributed by atoms with E-state index in [0.717, 1.165) is 31.7 Å². The van der Waals surface area contributed by atoms with Crippen LogP contribution in [-0.2, 0) is 0 Å². The summed E-state index contributed by atoms with van der Waals surface area (Å²) >= 11 is 0. The van der Waals surface area contributed by atoms with Gasteiger partial charge in [0, 0.05) is 38.1 Å². The van der Waals surface area contributed by atoms with Gasteiger partial charge in [0.05, 0.1) is 0 Å². The first-order valence-electron chi connectivity index (χ1n) is 8.73. The van der Waals surface area contributed by atoms with E-state index in [1.165, 1.54) is 16.8 Å². The van der Waals surface area contributed by atoms with Gasteiger partial charge in [-0.05, 0) is 42.7 Å². The van der Waals surface area contributed by atoms with Crippen LogP contribution < -0.4 is 10.2 Å². The quantitative estimate of drug-likeness (QED) is 0.926. The first kappa shape index (κ1) is 17.1. The highest BCUT2D eigenvalue weighted by atomic mass is 16.2. The highest BCUT2D eigenvalue weighted by Crippen LogP contribution is 2.23. The SMILES string of the molecule is Cc1cccc(N2CCN(C(=O)N/C=C/c3ccccc3)CC2)c1C. The van der Waals surface area contributed by atoms with Crippen LogP contribution in [0.2, 0.25) is 0 Å². The highest BCUT2D eigenvalue weighted by Gasteiger charge is 2.21. The maximum absolute atomic E-state index is 12.3. The second kappa shape index (κ2) is 7.88. The molecule has 1 aliphatic rings. The standard InChI is InChI=1S/C21H25N3O/c1-17-7-6-10-20(18(17)2)23-13-15-24(16-14-23)21(25)22-12-11-19-8-4-3-5-9-19/h3-12H,13-16H2,1-2H3,(H,22,25)/b12-11+. The minimum atomic E-state index is -0.0344. The summed E-state index contributed by atoms with van der Waals surface area (Å²) < 4.78 is 0. The normalized spacial score (nSPS) is 14.8. The number of hydrogen-bond donors (Lipinski definition) is 1. The van der Waals surface area contributed by atoms with Crippen LogP contribution in [0.4, 0.5) is 10.5 Å². The minimum absolute atomic E-state index is 0.0344. The van der Waals surface area contributed by atoms with Crippen LogP contribution in [0.5, 0.6) is 0 Å². The molecular weight excluding hydrogens is 310 g/mol. The van der Waals surface area contributed by atoms with Gasteiger partial charge in [-0.15, -0.1) is 0 Å². The van der Waals surface area contributed by atoms with E-state index in [1.54, 1.807) is 6.20 Å². The minimum Gasteiger partial charge on any atom is -0.368 e. The van der Waals surface area contributed by atoms with Gasteiger partial charge < -0.3 is 15.1 Å². The lowest BCUT2D eigenvalue weighted by Crippen LogP contribution is -2.51. The highest BCUT2D eigenvalue weighted by molar-refractivity contribution is 5.76. The maximum Gasteiger partial charge on any atom is 0.321 e. The lowest BCUT2D eigenvalue weighted by Gasteiger charge is -2.36. The van der Waals surface area contributed by atoms with Crippen LogP contribution in [0, 0.1) is 13.8 Å². The number of urea groups is 1. The van der Waals surface area contributed by atoms with Crippen molar-refractivity contribution in [3.05, 3.63) is 71.4 Å². The Balaban J connectivity index is 1.52. The third kappa shape index (κ3) is 4.21. The van der Waals surface area contributed by atoms with E-state index in [0.29, 0.717) is 0 Å². The van der Waals surface area contributed by atoms with Crippen LogP contribution in [0.1, 0.15) is 16.7 Å². The lowest BCUT2D eigenvalue weighted by atomic mass is 10.1. The number of carbonyl (C=O) groups is 1. The first-order valence-corrected chi connectivity index (χ1v) is 8.73. The molecule has 0 saturated carbocycles. The lowest BCUT2D eigenvalue weighted by molar-refractivity contribution is 0.198. The molecule has 0 aromatic heterocycles. The van der Waals surface area contributed by atoms with Gasteiger partial charge in [0.25, 0.3) is 0 Å². The molecule has 25 heavy (non-hydrogen) atoms. The van der Waals surface area contributed by atoms with Crippen molar-refractivity contribution >= 4 is 17.8 Å². The van der Waals surface area contributed by atoms with Gasteiger partial charge in [-0.25, -0.2) is 4.79 Å². The molecule has 4 nitrogen and oxygen atoms in total. The molecule has 1 N–H and O–H groups in total. The number of rotatable bonds is 3. The van der Waals surface area contributed by atoms with Gasteiger partial charge in [0.15, 0.2) is 0 Å². The Hall–Kier alpha value is -2.75. The van der Waals surface area contributed by atoms with Gasteiger partial charge >= 0.3 is 6.03 Å². The topological polar surface area (TPSA) is 35.6 Å². The summed E-state index contributed by atoms with van der Waals surface area (Å²) in [6.45, 7) is 7.50. The summed E-state index contributed by atoms with van der Waals surface area (Å²) in [7, 11) is 0. The van der Waals surface area contributed by atoms with Crippen molar-refractivity contribution in [2.45, 2.75) is 13.8 Å². The fourth-order valence-electron chi connectivity index (χ4n) is 3.09. The Morgan fingerprint density at radius 2 is 1.68 bits per heavy atom. The molecule has 1 saturated heterocycles. The first-order chi connectivity index (χ1) is 12.1. The Kier molecular flexibility index (Phi) is 5.39. The number of hydrogen-bond acceptors (Lipinski definition) is 2. The molecule has 0 aliphatic carbocycles. The van der Waals surface area contributed by atoms with E-state index in [1.807, 2.05) is 41.3 Å². The van der Waals surface area contributed by atoms with Crippen molar-refractivity contribution in [2.24, 2.45) is 0 Å². The second-order valence-electron chi connectivity index (χ2n) is 6.39. The van der Waals surface area contributed by atoms with Crippen molar-refractivity contribution < 1.29 is 4.79 Å². The summed E-state index contributed by atoms with van der Waals surface area (Å²) in [6.07, 6.45) is 3.62. The van der Waals surface area contributed by atoms with Crippen molar-refractivity contribution in [3.63, 3.8) is 0 Å². The van der Waals surface area contributed by atoms with E-state index in [9.17, 15) is 4.79 Å². The van der Waals surface area contributed by atoms with Gasteiger partial charge in [0.1, 0.15) is 0 Å². The fourth-order valence-corrected chi connectivity index (χ4v) is 3.09. The van der Waals surface area contributed by atoms with Gasteiger partial charge in [0.2, 0.25) is 0 Å². The summed E-state index contributed by atoms with van der Waals surface area (Å²) in [5.74, 6) is 0. The fraction of sp³-hybridized carbons (Fsp3) is 0.286. The van der Waals surface area contributed by atoms with Crippen LogP contribution in [0.25, 0.3) is 6.08 Å². The Bertz CT molecular complexity index is 747.